The molecule has 1 heterocycles. The topological polar surface area (TPSA) is 18.5 Å². The van der Waals surface area contributed by atoms with Gasteiger partial charge in [-0.3, -0.25) is 0 Å². The monoisotopic (exact) mass is 290 g/mol. The molecule has 0 saturated carbocycles. The summed E-state index contributed by atoms with van der Waals surface area (Å²) in [5.74, 6) is 0. The zero-order chi connectivity index (χ0) is 14.8. The van der Waals surface area contributed by atoms with E-state index in [0.717, 1.165) is 6.42 Å². The molecule has 1 aromatic carbocycles. The molecule has 1 aliphatic heterocycles. The van der Waals surface area contributed by atoms with Crippen LogP contribution in [0.3, 0.4) is 0 Å². The highest BCUT2D eigenvalue weighted by molar-refractivity contribution is 6.74. The third-order valence-corrected chi connectivity index (χ3v) is 9.88. The van der Waals surface area contributed by atoms with Crippen molar-refractivity contribution in [2.45, 2.75) is 70.2 Å². The second-order valence-electron chi connectivity index (χ2n) is 8.21. The summed E-state index contributed by atoms with van der Waals surface area (Å²) in [6.45, 7) is 13.7. The van der Waals surface area contributed by atoms with Gasteiger partial charge in [-0.1, -0.05) is 65.8 Å². The Hall–Kier alpha value is -0.643. The second-order valence-corrected chi connectivity index (χ2v) is 12.9. The highest BCUT2D eigenvalue weighted by Crippen LogP contribution is 2.60. The Kier molecular flexibility index (Phi) is 2.99. The molecule has 2 atom stereocenters. The molecule has 0 N–H and O–H groups in total. The molecule has 0 aromatic heterocycles. The van der Waals surface area contributed by atoms with Gasteiger partial charge in [0.1, 0.15) is 0 Å². The van der Waals surface area contributed by atoms with E-state index in [9.17, 15) is 0 Å². The molecule has 0 amide bonds. The van der Waals surface area contributed by atoms with Crippen LogP contribution in [0.25, 0.3) is 0 Å². The minimum absolute atomic E-state index is 0.0739. The molecule has 1 fully saturated rings. The van der Waals surface area contributed by atoms with Gasteiger partial charge in [-0.15, -0.1) is 0 Å². The van der Waals surface area contributed by atoms with Gasteiger partial charge in [-0.25, -0.2) is 0 Å². The van der Waals surface area contributed by atoms with E-state index in [1.165, 1.54) is 11.1 Å². The van der Waals surface area contributed by atoms with Crippen molar-refractivity contribution in [3.8, 4) is 0 Å². The smallest absolute Gasteiger partial charge is 0.350 e. The lowest BCUT2D eigenvalue weighted by Crippen LogP contribution is -2.54. The first-order valence-corrected chi connectivity index (χ1v) is 9.41. The average molecular weight is 290 g/mol. The second kappa shape index (κ2) is 4.18. The van der Waals surface area contributed by atoms with Crippen molar-refractivity contribution in [2.24, 2.45) is 0 Å². The Balaban J connectivity index is 2.02. The molecular formula is C17H26O2Si. The Labute approximate surface area is 123 Å². The van der Waals surface area contributed by atoms with Crippen LogP contribution in [0.2, 0.25) is 10.1 Å². The number of hydrogen-bond acceptors (Lipinski definition) is 2. The van der Waals surface area contributed by atoms with E-state index in [4.69, 9.17) is 8.85 Å². The van der Waals surface area contributed by atoms with Crippen molar-refractivity contribution >= 4 is 8.56 Å². The SMILES string of the molecule is CC(C)(C)[Si]1(C(C)(C)C)O[C@H]2Cc3ccccc3[C@H]2O1. The largest absolute Gasteiger partial charge is 0.387 e. The quantitative estimate of drug-likeness (QED) is 0.642. The van der Waals surface area contributed by atoms with E-state index in [0.29, 0.717) is 0 Å². The van der Waals surface area contributed by atoms with Gasteiger partial charge in [0.15, 0.2) is 0 Å². The van der Waals surface area contributed by atoms with Crippen LogP contribution >= 0.6 is 0 Å². The van der Waals surface area contributed by atoms with Crippen LogP contribution in [0.5, 0.6) is 0 Å². The molecule has 0 unspecified atom stereocenters. The maximum absolute atomic E-state index is 6.74. The fourth-order valence-corrected chi connectivity index (χ4v) is 9.01. The van der Waals surface area contributed by atoms with Gasteiger partial charge in [0.25, 0.3) is 0 Å². The zero-order valence-electron chi connectivity index (χ0n) is 13.5. The first kappa shape index (κ1) is 14.3. The number of fused-ring (bicyclic) bond motifs is 3. The summed E-state index contributed by atoms with van der Waals surface area (Å²) in [5.41, 5.74) is 2.74. The van der Waals surface area contributed by atoms with E-state index < -0.39 is 8.56 Å². The van der Waals surface area contributed by atoms with Crippen molar-refractivity contribution < 1.29 is 8.85 Å². The molecule has 1 saturated heterocycles. The van der Waals surface area contributed by atoms with E-state index in [1.807, 2.05) is 0 Å². The Morgan fingerprint density at radius 1 is 0.950 bits per heavy atom. The van der Waals surface area contributed by atoms with Crippen molar-refractivity contribution in [1.82, 2.24) is 0 Å². The van der Waals surface area contributed by atoms with E-state index in [1.54, 1.807) is 0 Å². The van der Waals surface area contributed by atoms with Crippen LogP contribution in [0.1, 0.15) is 58.8 Å². The number of hydrogen-bond donors (Lipinski definition) is 0. The third-order valence-electron chi connectivity index (χ3n) is 4.71. The third kappa shape index (κ3) is 1.83. The Bertz CT molecular complexity index is 511. The van der Waals surface area contributed by atoms with Crippen LogP contribution in [0, 0.1) is 0 Å². The van der Waals surface area contributed by atoms with Crippen LogP contribution in [0.15, 0.2) is 24.3 Å². The van der Waals surface area contributed by atoms with E-state index >= 15 is 0 Å². The van der Waals surface area contributed by atoms with E-state index in [-0.39, 0.29) is 22.3 Å². The summed E-state index contributed by atoms with van der Waals surface area (Å²) in [5, 5.41) is 0.148. The fourth-order valence-electron chi connectivity index (χ4n) is 4.02. The van der Waals surface area contributed by atoms with Crippen molar-refractivity contribution in [2.75, 3.05) is 0 Å². The normalized spacial score (nSPS) is 28.3. The molecule has 3 rings (SSSR count). The summed E-state index contributed by atoms with van der Waals surface area (Å²) < 4.78 is 13.4. The molecule has 20 heavy (non-hydrogen) atoms. The van der Waals surface area contributed by atoms with Crippen LogP contribution in [-0.4, -0.2) is 14.7 Å². The summed E-state index contributed by atoms with van der Waals surface area (Å²) in [6.07, 6.45) is 1.37. The lowest BCUT2D eigenvalue weighted by atomic mass is 10.1. The van der Waals surface area contributed by atoms with Crippen molar-refractivity contribution in [3.63, 3.8) is 0 Å². The minimum atomic E-state index is -2.30. The highest BCUT2D eigenvalue weighted by atomic mass is 28.4. The predicted octanol–water partition coefficient (Wildman–Crippen LogP) is 4.74. The van der Waals surface area contributed by atoms with Crippen LogP contribution < -0.4 is 0 Å². The lowest BCUT2D eigenvalue weighted by molar-refractivity contribution is 0.176. The first-order chi connectivity index (χ1) is 9.16. The standard InChI is InChI=1S/C17H26O2Si/c1-16(2,3)20(17(4,5)6)18-14-11-12-9-7-8-10-13(12)15(14)19-20/h7-10,14-15H,11H2,1-6H3/t14-,15+/m0/s1. The molecule has 2 aliphatic rings. The summed E-state index contributed by atoms with van der Waals surface area (Å²) in [7, 11) is -2.30. The fraction of sp³-hybridized carbons (Fsp3) is 0.647. The molecule has 0 radical (unpaired) electrons. The van der Waals surface area contributed by atoms with Crippen LogP contribution in [0.4, 0.5) is 0 Å². The van der Waals surface area contributed by atoms with Gasteiger partial charge in [0.2, 0.25) is 0 Å². The molecular weight excluding hydrogens is 264 g/mol. The Morgan fingerprint density at radius 2 is 1.55 bits per heavy atom. The molecule has 1 aliphatic carbocycles. The summed E-state index contributed by atoms with van der Waals surface area (Å²) in [6, 6.07) is 8.63. The number of benzene rings is 1. The van der Waals surface area contributed by atoms with Gasteiger partial charge in [0.05, 0.1) is 12.2 Å². The zero-order valence-corrected chi connectivity index (χ0v) is 14.5. The van der Waals surface area contributed by atoms with E-state index in [2.05, 4.69) is 65.8 Å². The molecule has 2 nitrogen and oxygen atoms in total. The van der Waals surface area contributed by atoms with Gasteiger partial charge >= 0.3 is 8.56 Å². The molecule has 0 spiro atoms. The van der Waals surface area contributed by atoms with Gasteiger partial charge in [-0.05, 0) is 11.1 Å². The minimum Gasteiger partial charge on any atom is -0.387 e. The average Bonchev–Trinajstić information content (AvgIpc) is 2.81. The van der Waals surface area contributed by atoms with Gasteiger partial charge in [-0.2, -0.15) is 0 Å². The maximum Gasteiger partial charge on any atom is 0.350 e. The number of rotatable bonds is 0. The first-order valence-electron chi connectivity index (χ1n) is 7.59. The summed E-state index contributed by atoms with van der Waals surface area (Å²) >= 11 is 0. The van der Waals surface area contributed by atoms with Gasteiger partial charge in [0, 0.05) is 16.5 Å². The van der Waals surface area contributed by atoms with Gasteiger partial charge < -0.3 is 8.85 Å². The lowest BCUT2D eigenvalue weighted by Gasteiger charge is -2.46. The Morgan fingerprint density at radius 3 is 2.15 bits per heavy atom. The molecule has 0 bridgehead atoms. The van der Waals surface area contributed by atoms with Crippen molar-refractivity contribution in [3.05, 3.63) is 35.4 Å². The molecule has 1 aromatic rings. The molecule has 110 valence electrons. The maximum atomic E-state index is 6.74. The van der Waals surface area contributed by atoms with Crippen molar-refractivity contribution in [1.29, 1.82) is 0 Å². The molecule has 3 heteroatoms. The summed E-state index contributed by atoms with van der Waals surface area (Å²) in [4.78, 5) is 0. The highest BCUT2D eigenvalue weighted by Gasteiger charge is 2.65. The predicted molar refractivity (Wildman–Crippen MR) is 84.0 cm³/mol. The van der Waals surface area contributed by atoms with Crippen LogP contribution in [-0.2, 0) is 15.3 Å².